The highest BCUT2D eigenvalue weighted by Crippen LogP contribution is 2.34. The molecule has 2 aromatic rings. The molecule has 2 aromatic heterocycles. The smallest absolute Gasteiger partial charge is 0.316 e. The van der Waals surface area contributed by atoms with E-state index >= 15 is 0 Å². The van der Waals surface area contributed by atoms with Crippen molar-refractivity contribution in [2.75, 3.05) is 12.4 Å². The predicted octanol–water partition coefficient (Wildman–Crippen LogP) is 3.31. The molecule has 0 N–H and O–H groups in total. The number of carbonyl (C=O) groups excluding carboxylic acids is 1. The molecule has 3 rings (SSSR count). The van der Waals surface area contributed by atoms with Crippen LogP contribution in [0.25, 0.3) is 10.2 Å². The van der Waals surface area contributed by atoms with Gasteiger partial charge in [-0.05, 0) is 37.7 Å². The van der Waals surface area contributed by atoms with Gasteiger partial charge >= 0.3 is 5.97 Å². The Hall–Kier alpha value is -1.34. The molecule has 130 valence electrons. The molecule has 5 nitrogen and oxygen atoms in total. The number of thiophene rings is 1. The molecule has 1 aliphatic rings. The summed E-state index contributed by atoms with van der Waals surface area (Å²) in [4.78, 5) is 31.3. The van der Waals surface area contributed by atoms with Crippen molar-refractivity contribution in [1.82, 2.24) is 9.55 Å². The summed E-state index contributed by atoms with van der Waals surface area (Å²) in [7, 11) is 1.73. The lowest BCUT2D eigenvalue weighted by molar-refractivity contribution is -0.140. The minimum Gasteiger partial charge on any atom is -0.465 e. The van der Waals surface area contributed by atoms with E-state index < -0.39 is 0 Å². The average molecular weight is 367 g/mol. The molecule has 2 heterocycles. The number of aromatic nitrogens is 2. The number of nitrogens with zero attached hydrogens (tertiary/aromatic N) is 2. The van der Waals surface area contributed by atoms with Crippen molar-refractivity contribution in [1.29, 1.82) is 0 Å². The van der Waals surface area contributed by atoms with Gasteiger partial charge in [0.2, 0.25) is 0 Å². The Kier molecular flexibility index (Phi) is 5.61. The largest absolute Gasteiger partial charge is 0.465 e. The van der Waals surface area contributed by atoms with Crippen LogP contribution in [0.1, 0.15) is 43.0 Å². The number of unbranched alkanes of at least 4 members (excludes halogenated alkanes) is 1. The summed E-state index contributed by atoms with van der Waals surface area (Å²) in [5.41, 5.74) is 1.20. The number of aryl methyl sites for hydroxylation is 2. The Morgan fingerprint density at radius 1 is 1.38 bits per heavy atom. The van der Waals surface area contributed by atoms with Crippen molar-refractivity contribution in [3.05, 3.63) is 20.8 Å². The van der Waals surface area contributed by atoms with Crippen LogP contribution in [0.15, 0.2) is 9.95 Å². The monoisotopic (exact) mass is 366 g/mol. The summed E-state index contributed by atoms with van der Waals surface area (Å²) < 4.78 is 6.72. The number of hydrogen-bond donors (Lipinski definition) is 0. The van der Waals surface area contributed by atoms with Gasteiger partial charge in [0.25, 0.3) is 5.56 Å². The zero-order valence-electron chi connectivity index (χ0n) is 14.1. The molecule has 0 spiro atoms. The molecule has 0 aromatic carbocycles. The number of esters is 1. The Bertz CT molecular complexity index is 810. The summed E-state index contributed by atoms with van der Waals surface area (Å²) in [5, 5.41) is 1.37. The maximum Gasteiger partial charge on any atom is 0.316 e. The maximum atomic E-state index is 12.7. The molecule has 0 saturated heterocycles. The summed E-state index contributed by atoms with van der Waals surface area (Å²) in [5.74, 6) is -0.0751. The molecule has 0 radical (unpaired) electrons. The first-order chi connectivity index (χ1) is 11.6. The third-order valence-electron chi connectivity index (χ3n) is 4.24. The first-order valence-corrected chi connectivity index (χ1v) is 10.2. The number of hydrogen-bond acceptors (Lipinski definition) is 6. The number of rotatable bonds is 6. The van der Waals surface area contributed by atoms with Crippen LogP contribution in [-0.4, -0.2) is 27.9 Å². The summed E-state index contributed by atoms with van der Waals surface area (Å²) >= 11 is 2.91. The van der Waals surface area contributed by atoms with Crippen molar-refractivity contribution in [3.8, 4) is 0 Å². The lowest BCUT2D eigenvalue weighted by Crippen LogP contribution is -2.21. The molecule has 24 heavy (non-hydrogen) atoms. The summed E-state index contributed by atoms with van der Waals surface area (Å²) in [6.45, 7) is 2.51. The highest BCUT2D eigenvalue weighted by Gasteiger charge is 2.21. The van der Waals surface area contributed by atoms with Crippen molar-refractivity contribution in [3.63, 3.8) is 0 Å². The molecule has 0 atom stereocenters. The van der Waals surface area contributed by atoms with E-state index in [9.17, 15) is 9.59 Å². The molecular weight excluding hydrogens is 344 g/mol. The molecule has 0 saturated carbocycles. The topological polar surface area (TPSA) is 61.2 Å². The van der Waals surface area contributed by atoms with Crippen molar-refractivity contribution in [2.24, 2.45) is 7.05 Å². The van der Waals surface area contributed by atoms with Gasteiger partial charge in [-0.1, -0.05) is 25.1 Å². The minimum atomic E-state index is -0.256. The summed E-state index contributed by atoms with van der Waals surface area (Å²) in [6, 6.07) is 0. The second kappa shape index (κ2) is 7.70. The first kappa shape index (κ1) is 17.5. The molecule has 0 aliphatic heterocycles. The minimum absolute atomic E-state index is 0.00116. The highest BCUT2D eigenvalue weighted by atomic mass is 32.2. The van der Waals surface area contributed by atoms with Crippen molar-refractivity contribution < 1.29 is 9.53 Å². The van der Waals surface area contributed by atoms with Gasteiger partial charge in [-0.2, -0.15) is 0 Å². The fourth-order valence-electron chi connectivity index (χ4n) is 2.89. The Labute approximate surface area is 149 Å². The van der Waals surface area contributed by atoms with Crippen LogP contribution in [0.3, 0.4) is 0 Å². The van der Waals surface area contributed by atoms with Gasteiger partial charge in [0.15, 0.2) is 5.16 Å². The van der Waals surface area contributed by atoms with Crippen LogP contribution >= 0.6 is 23.1 Å². The first-order valence-electron chi connectivity index (χ1n) is 8.41. The molecular formula is C17H22N2O3S2. The number of carbonyl (C=O) groups is 1. The van der Waals surface area contributed by atoms with E-state index in [1.807, 2.05) is 0 Å². The number of thioether (sulfide) groups is 1. The van der Waals surface area contributed by atoms with Crippen molar-refractivity contribution >= 4 is 39.3 Å². The van der Waals surface area contributed by atoms with Gasteiger partial charge in [0.05, 0.1) is 17.7 Å². The number of ether oxygens (including phenoxy) is 1. The van der Waals surface area contributed by atoms with E-state index in [-0.39, 0.29) is 17.3 Å². The van der Waals surface area contributed by atoms with Gasteiger partial charge in [-0.15, -0.1) is 11.3 Å². The summed E-state index contributed by atoms with van der Waals surface area (Å²) in [6.07, 6.45) is 6.22. The van der Waals surface area contributed by atoms with Crippen molar-refractivity contribution in [2.45, 2.75) is 50.6 Å². The molecule has 0 bridgehead atoms. The van der Waals surface area contributed by atoms with E-state index in [1.165, 1.54) is 28.6 Å². The average Bonchev–Trinajstić information content (AvgIpc) is 2.95. The van der Waals surface area contributed by atoms with Gasteiger partial charge in [0, 0.05) is 11.9 Å². The van der Waals surface area contributed by atoms with Gasteiger partial charge < -0.3 is 4.74 Å². The quantitative estimate of drug-likeness (QED) is 0.340. The second-order valence-corrected chi connectivity index (χ2v) is 8.04. The number of fused-ring (bicyclic) bond motifs is 3. The Balaban J connectivity index is 1.81. The second-order valence-electron chi connectivity index (χ2n) is 6.01. The van der Waals surface area contributed by atoms with Crippen LogP contribution in [0.2, 0.25) is 0 Å². The normalized spacial score (nSPS) is 13.9. The maximum absolute atomic E-state index is 12.7. The van der Waals surface area contributed by atoms with E-state index in [2.05, 4.69) is 11.9 Å². The lowest BCUT2D eigenvalue weighted by Gasteiger charge is -2.10. The fourth-order valence-corrected chi connectivity index (χ4v) is 4.96. The third-order valence-corrected chi connectivity index (χ3v) is 6.42. The van der Waals surface area contributed by atoms with E-state index in [1.54, 1.807) is 23.0 Å². The Morgan fingerprint density at radius 3 is 2.96 bits per heavy atom. The molecule has 1 aliphatic carbocycles. The van der Waals surface area contributed by atoms with Gasteiger partial charge in [-0.3, -0.25) is 14.2 Å². The SMILES string of the molecule is CCCCOC(=O)CSc1nc2sc3c(c2c(=O)n1C)CCCC3. The fraction of sp³-hybridized carbons (Fsp3) is 0.588. The van der Waals surface area contributed by atoms with E-state index in [4.69, 9.17) is 4.74 Å². The van der Waals surface area contributed by atoms with E-state index in [0.29, 0.717) is 11.8 Å². The van der Waals surface area contributed by atoms with Gasteiger partial charge in [-0.25, -0.2) is 4.98 Å². The zero-order valence-corrected chi connectivity index (χ0v) is 15.7. The predicted molar refractivity (Wildman–Crippen MR) is 98.1 cm³/mol. The third kappa shape index (κ3) is 3.52. The van der Waals surface area contributed by atoms with Crippen LogP contribution < -0.4 is 5.56 Å². The highest BCUT2D eigenvalue weighted by molar-refractivity contribution is 7.99. The van der Waals surface area contributed by atoms with Crippen LogP contribution in [-0.2, 0) is 29.4 Å². The molecule has 0 amide bonds. The zero-order chi connectivity index (χ0) is 17.1. The van der Waals surface area contributed by atoms with Gasteiger partial charge in [0.1, 0.15) is 4.83 Å². The van der Waals surface area contributed by atoms with Crippen LogP contribution in [0.5, 0.6) is 0 Å². The van der Waals surface area contributed by atoms with Crippen LogP contribution in [0, 0.1) is 0 Å². The van der Waals surface area contributed by atoms with Crippen LogP contribution in [0.4, 0.5) is 0 Å². The lowest BCUT2D eigenvalue weighted by atomic mass is 9.97. The van der Waals surface area contributed by atoms with E-state index in [0.717, 1.165) is 42.3 Å². The molecule has 0 fully saturated rings. The Morgan fingerprint density at radius 2 is 2.17 bits per heavy atom. The molecule has 0 unspecified atom stereocenters. The standard InChI is InChI=1S/C17H22N2O3S2/c1-3-4-9-22-13(20)10-23-17-18-15-14(16(21)19(17)2)11-7-5-6-8-12(11)24-15/h3-10H2,1-2H3. The molecule has 7 heteroatoms.